The minimum atomic E-state index is -0.548. The fourth-order valence-electron chi connectivity index (χ4n) is 2.38. The standard InChI is InChI=1S/C21H17N3O3/c1-2-26-20-12-16(13-22)8-10-19(20)27-21(25)11-9-17-14-23-24(15-17)18-6-4-3-5-7-18/h3-12,14-15H,2H2,1H3/b11-9+. The molecule has 0 saturated carbocycles. The lowest BCUT2D eigenvalue weighted by Crippen LogP contribution is -2.06. The second-order valence-electron chi connectivity index (χ2n) is 5.51. The van der Waals surface area contributed by atoms with Crippen molar-refractivity contribution in [3.05, 3.63) is 78.1 Å². The molecule has 0 N–H and O–H groups in total. The number of ether oxygens (including phenoxy) is 2. The lowest BCUT2D eigenvalue weighted by atomic mass is 10.2. The van der Waals surface area contributed by atoms with Gasteiger partial charge in [0.1, 0.15) is 0 Å². The van der Waals surface area contributed by atoms with E-state index in [0.29, 0.717) is 17.9 Å². The number of hydrogen-bond donors (Lipinski definition) is 0. The molecule has 0 spiro atoms. The van der Waals surface area contributed by atoms with Crippen molar-refractivity contribution in [2.45, 2.75) is 6.92 Å². The van der Waals surface area contributed by atoms with Crippen molar-refractivity contribution < 1.29 is 14.3 Å². The van der Waals surface area contributed by atoms with Crippen molar-refractivity contribution in [3.8, 4) is 23.3 Å². The van der Waals surface area contributed by atoms with Crippen LogP contribution in [0.15, 0.2) is 67.0 Å². The molecule has 0 aliphatic carbocycles. The second kappa shape index (κ2) is 8.50. The van der Waals surface area contributed by atoms with Gasteiger partial charge >= 0.3 is 5.97 Å². The van der Waals surface area contributed by atoms with Crippen LogP contribution in [0.4, 0.5) is 0 Å². The minimum Gasteiger partial charge on any atom is -0.490 e. The predicted octanol–water partition coefficient (Wildman–Crippen LogP) is 3.76. The summed E-state index contributed by atoms with van der Waals surface area (Å²) >= 11 is 0. The number of aromatic nitrogens is 2. The van der Waals surface area contributed by atoms with E-state index in [1.165, 1.54) is 6.08 Å². The monoisotopic (exact) mass is 359 g/mol. The first-order valence-electron chi connectivity index (χ1n) is 8.36. The highest BCUT2D eigenvalue weighted by atomic mass is 16.6. The van der Waals surface area contributed by atoms with Gasteiger partial charge in [0.05, 0.1) is 30.1 Å². The summed E-state index contributed by atoms with van der Waals surface area (Å²) in [4.78, 5) is 12.1. The van der Waals surface area contributed by atoms with E-state index in [1.54, 1.807) is 35.2 Å². The Morgan fingerprint density at radius 3 is 2.78 bits per heavy atom. The average molecular weight is 359 g/mol. The molecule has 27 heavy (non-hydrogen) atoms. The number of carbonyl (C=O) groups is 1. The van der Waals surface area contributed by atoms with Crippen molar-refractivity contribution in [1.29, 1.82) is 5.26 Å². The third-order valence-electron chi connectivity index (χ3n) is 3.62. The second-order valence-corrected chi connectivity index (χ2v) is 5.51. The fraction of sp³-hybridized carbons (Fsp3) is 0.0952. The summed E-state index contributed by atoms with van der Waals surface area (Å²) in [5, 5.41) is 13.2. The van der Waals surface area contributed by atoms with E-state index < -0.39 is 5.97 Å². The summed E-state index contributed by atoms with van der Waals surface area (Å²) in [6.07, 6.45) is 6.41. The summed E-state index contributed by atoms with van der Waals surface area (Å²) in [6.45, 7) is 2.21. The summed E-state index contributed by atoms with van der Waals surface area (Å²) in [5.41, 5.74) is 2.13. The summed E-state index contributed by atoms with van der Waals surface area (Å²) in [7, 11) is 0. The highest BCUT2D eigenvalue weighted by Gasteiger charge is 2.10. The normalized spacial score (nSPS) is 10.5. The Kier molecular flexibility index (Phi) is 5.65. The van der Waals surface area contributed by atoms with Crippen LogP contribution in [0.5, 0.6) is 11.5 Å². The molecule has 134 valence electrons. The maximum absolute atomic E-state index is 12.1. The molecule has 0 unspecified atom stereocenters. The zero-order valence-corrected chi connectivity index (χ0v) is 14.7. The summed E-state index contributed by atoms with van der Waals surface area (Å²) in [5.74, 6) is 0.0776. The maximum Gasteiger partial charge on any atom is 0.336 e. The number of esters is 1. The third-order valence-corrected chi connectivity index (χ3v) is 3.62. The molecule has 0 bridgehead atoms. The molecule has 6 heteroatoms. The Bertz CT molecular complexity index is 1000. The van der Waals surface area contributed by atoms with Crippen LogP contribution in [0.1, 0.15) is 18.1 Å². The van der Waals surface area contributed by atoms with Gasteiger partial charge in [0.25, 0.3) is 0 Å². The van der Waals surface area contributed by atoms with Gasteiger partial charge in [0.15, 0.2) is 11.5 Å². The number of carbonyl (C=O) groups excluding carboxylic acids is 1. The highest BCUT2D eigenvalue weighted by molar-refractivity contribution is 5.89. The number of benzene rings is 2. The molecule has 0 aliphatic rings. The Hall–Kier alpha value is -3.85. The Morgan fingerprint density at radius 2 is 2.04 bits per heavy atom. The van der Waals surface area contributed by atoms with Gasteiger partial charge in [-0.15, -0.1) is 0 Å². The number of nitrogens with zero attached hydrogens (tertiary/aromatic N) is 3. The van der Waals surface area contributed by atoms with Crippen molar-refractivity contribution in [2.75, 3.05) is 6.61 Å². The van der Waals surface area contributed by atoms with Crippen molar-refractivity contribution in [3.63, 3.8) is 0 Å². The molecular weight excluding hydrogens is 342 g/mol. The van der Waals surface area contributed by atoms with Gasteiger partial charge in [0, 0.05) is 23.9 Å². The minimum absolute atomic E-state index is 0.269. The zero-order chi connectivity index (χ0) is 19.1. The highest BCUT2D eigenvalue weighted by Crippen LogP contribution is 2.28. The SMILES string of the molecule is CCOc1cc(C#N)ccc1OC(=O)/C=C/c1cnn(-c2ccccc2)c1. The predicted molar refractivity (Wildman–Crippen MR) is 101 cm³/mol. The summed E-state index contributed by atoms with van der Waals surface area (Å²) in [6, 6.07) is 16.3. The van der Waals surface area contributed by atoms with Gasteiger partial charge in [-0.3, -0.25) is 0 Å². The van der Waals surface area contributed by atoms with Crippen molar-refractivity contribution in [1.82, 2.24) is 9.78 Å². The van der Waals surface area contributed by atoms with E-state index >= 15 is 0 Å². The molecular formula is C21H17N3O3. The third kappa shape index (κ3) is 4.61. The van der Waals surface area contributed by atoms with Crippen LogP contribution in [-0.4, -0.2) is 22.4 Å². The fourth-order valence-corrected chi connectivity index (χ4v) is 2.38. The van der Waals surface area contributed by atoms with Gasteiger partial charge in [-0.2, -0.15) is 10.4 Å². The number of rotatable bonds is 6. The van der Waals surface area contributed by atoms with Crippen LogP contribution in [-0.2, 0) is 4.79 Å². The Labute approximate surface area is 156 Å². The van der Waals surface area contributed by atoms with Crippen LogP contribution in [0.25, 0.3) is 11.8 Å². The van der Waals surface area contributed by atoms with Crippen LogP contribution in [0.3, 0.4) is 0 Å². The molecule has 3 rings (SSSR count). The number of para-hydroxylation sites is 1. The molecule has 1 aromatic heterocycles. The van der Waals surface area contributed by atoms with E-state index in [9.17, 15) is 4.79 Å². The number of nitriles is 1. The lowest BCUT2D eigenvalue weighted by molar-refractivity contribution is -0.129. The van der Waals surface area contributed by atoms with E-state index in [4.69, 9.17) is 14.7 Å². The average Bonchev–Trinajstić information content (AvgIpc) is 3.18. The Morgan fingerprint density at radius 1 is 1.22 bits per heavy atom. The molecule has 0 fully saturated rings. The van der Waals surface area contributed by atoms with Gasteiger partial charge < -0.3 is 9.47 Å². The Balaban J connectivity index is 1.69. The van der Waals surface area contributed by atoms with Gasteiger partial charge in [-0.1, -0.05) is 18.2 Å². The molecule has 0 atom stereocenters. The first kappa shape index (κ1) is 18.0. The van der Waals surface area contributed by atoms with Crippen LogP contribution < -0.4 is 9.47 Å². The molecule has 0 amide bonds. The van der Waals surface area contributed by atoms with E-state index in [0.717, 1.165) is 11.3 Å². The molecule has 0 radical (unpaired) electrons. The molecule has 2 aromatic carbocycles. The molecule has 0 aliphatic heterocycles. The number of hydrogen-bond acceptors (Lipinski definition) is 5. The quantitative estimate of drug-likeness (QED) is 0.380. The molecule has 6 nitrogen and oxygen atoms in total. The van der Waals surface area contributed by atoms with E-state index in [-0.39, 0.29) is 5.75 Å². The van der Waals surface area contributed by atoms with Gasteiger partial charge in [0.2, 0.25) is 0 Å². The van der Waals surface area contributed by atoms with Crippen LogP contribution >= 0.6 is 0 Å². The first-order valence-corrected chi connectivity index (χ1v) is 8.36. The molecule has 3 aromatic rings. The van der Waals surface area contributed by atoms with Crippen molar-refractivity contribution in [2.24, 2.45) is 0 Å². The topological polar surface area (TPSA) is 77.1 Å². The molecule has 0 saturated heterocycles. The van der Waals surface area contributed by atoms with Gasteiger partial charge in [-0.05, 0) is 37.3 Å². The lowest BCUT2D eigenvalue weighted by Gasteiger charge is -2.09. The zero-order valence-electron chi connectivity index (χ0n) is 14.7. The summed E-state index contributed by atoms with van der Waals surface area (Å²) < 4.78 is 12.5. The van der Waals surface area contributed by atoms with Gasteiger partial charge in [-0.25, -0.2) is 9.48 Å². The smallest absolute Gasteiger partial charge is 0.336 e. The largest absolute Gasteiger partial charge is 0.490 e. The van der Waals surface area contributed by atoms with E-state index in [1.807, 2.05) is 49.5 Å². The maximum atomic E-state index is 12.1. The molecule has 1 heterocycles. The van der Waals surface area contributed by atoms with E-state index in [2.05, 4.69) is 5.10 Å². The van der Waals surface area contributed by atoms with Crippen LogP contribution in [0, 0.1) is 11.3 Å². The first-order chi connectivity index (χ1) is 13.2. The van der Waals surface area contributed by atoms with Crippen molar-refractivity contribution >= 4 is 12.0 Å². The van der Waals surface area contributed by atoms with Crippen LogP contribution in [0.2, 0.25) is 0 Å².